The van der Waals surface area contributed by atoms with Gasteiger partial charge in [-0.1, -0.05) is 12.2 Å². The SMILES string of the molecule is Cc1[nH]nc(N)c1C=CCCN. The lowest BCUT2D eigenvalue weighted by molar-refractivity contribution is 1.01. The molecule has 0 fully saturated rings. The van der Waals surface area contributed by atoms with Crippen molar-refractivity contribution in [2.24, 2.45) is 5.73 Å². The molecule has 0 spiro atoms. The largest absolute Gasteiger partial charge is 0.382 e. The molecule has 0 amide bonds. The highest BCUT2D eigenvalue weighted by Gasteiger charge is 2.01. The van der Waals surface area contributed by atoms with E-state index in [1.807, 2.05) is 19.1 Å². The van der Waals surface area contributed by atoms with Gasteiger partial charge in [0.25, 0.3) is 0 Å². The maximum Gasteiger partial charge on any atom is 0.152 e. The third-order valence-electron chi connectivity index (χ3n) is 1.64. The molecular formula is C8H14N4. The summed E-state index contributed by atoms with van der Waals surface area (Å²) < 4.78 is 0. The Bertz CT molecular complexity index is 255. The molecule has 0 saturated carbocycles. The van der Waals surface area contributed by atoms with Crippen LogP contribution < -0.4 is 11.5 Å². The minimum atomic E-state index is 0.542. The minimum absolute atomic E-state index is 0.542. The van der Waals surface area contributed by atoms with Crippen LogP contribution in [0.2, 0.25) is 0 Å². The molecule has 0 saturated heterocycles. The van der Waals surface area contributed by atoms with Crippen LogP contribution in [-0.4, -0.2) is 16.7 Å². The maximum atomic E-state index is 5.60. The van der Waals surface area contributed by atoms with Gasteiger partial charge in [-0.25, -0.2) is 0 Å². The number of nitrogens with zero attached hydrogens (tertiary/aromatic N) is 1. The van der Waals surface area contributed by atoms with Crippen LogP contribution in [0.15, 0.2) is 6.08 Å². The first kappa shape index (κ1) is 8.80. The number of nitrogens with one attached hydrogen (secondary N) is 1. The summed E-state index contributed by atoms with van der Waals surface area (Å²) in [5, 5.41) is 6.67. The first-order valence-corrected chi connectivity index (χ1v) is 3.92. The van der Waals surface area contributed by atoms with Crippen LogP contribution >= 0.6 is 0 Å². The first-order valence-electron chi connectivity index (χ1n) is 3.92. The normalized spacial score (nSPS) is 11.2. The van der Waals surface area contributed by atoms with E-state index >= 15 is 0 Å². The number of anilines is 1. The van der Waals surface area contributed by atoms with Crippen molar-refractivity contribution in [3.63, 3.8) is 0 Å². The van der Waals surface area contributed by atoms with Gasteiger partial charge in [0.15, 0.2) is 5.82 Å². The molecule has 0 aliphatic heterocycles. The molecular weight excluding hydrogens is 152 g/mol. The van der Waals surface area contributed by atoms with Crippen molar-refractivity contribution in [2.75, 3.05) is 12.3 Å². The highest BCUT2D eigenvalue weighted by molar-refractivity contribution is 5.62. The quantitative estimate of drug-likeness (QED) is 0.617. The van der Waals surface area contributed by atoms with Crippen LogP contribution in [0.3, 0.4) is 0 Å². The molecule has 0 aliphatic carbocycles. The van der Waals surface area contributed by atoms with E-state index in [0.29, 0.717) is 12.4 Å². The average molecular weight is 166 g/mol. The van der Waals surface area contributed by atoms with Crippen molar-refractivity contribution in [1.29, 1.82) is 0 Å². The molecule has 1 aromatic rings. The van der Waals surface area contributed by atoms with Gasteiger partial charge < -0.3 is 11.5 Å². The summed E-state index contributed by atoms with van der Waals surface area (Å²) in [4.78, 5) is 0. The van der Waals surface area contributed by atoms with E-state index in [2.05, 4.69) is 10.2 Å². The summed E-state index contributed by atoms with van der Waals surface area (Å²) in [6.07, 6.45) is 4.80. The standard InChI is InChI=1S/C8H14N4/c1-6-7(4-2-3-5-9)8(10)12-11-6/h2,4H,3,5,9H2,1H3,(H3,10,11,12). The molecule has 1 heterocycles. The molecule has 66 valence electrons. The second kappa shape index (κ2) is 3.92. The molecule has 0 unspecified atom stereocenters. The van der Waals surface area contributed by atoms with Gasteiger partial charge >= 0.3 is 0 Å². The van der Waals surface area contributed by atoms with Gasteiger partial charge in [0.05, 0.1) is 0 Å². The lowest BCUT2D eigenvalue weighted by Crippen LogP contribution is -1.95. The van der Waals surface area contributed by atoms with Crippen molar-refractivity contribution >= 4 is 11.9 Å². The Labute approximate surface area is 71.6 Å². The molecule has 5 N–H and O–H groups in total. The van der Waals surface area contributed by atoms with Crippen LogP contribution in [0.1, 0.15) is 17.7 Å². The van der Waals surface area contributed by atoms with Crippen LogP contribution in [0, 0.1) is 6.92 Å². The molecule has 1 aromatic heterocycles. The average Bonchev–Trinajstić information content (AvgIpc) is 2.35. The van der Waals surface area contributed by atoms with E-state index in [9.17, 15) is 0 Å². The van der Waals surface area contributed by atoms with Crippen LogP contribution in [0.5, 0.6) is 0 Å². The van der Waals surface area contributed by atoms with E-state index in [1.54, 1.807) is 0 Å². The molecule has 0 aliphatic rings. The molecule has 4 heteroatoms. The number of hydrogen-bond acceptors (Lipinski definition) is 3. The van der Waals surface area contributed by atoms with Gasteiger partial charge in [-0.05, 0) is 19.9 Å². The van der Waals surface area contributed by atoms with Crippen molar-refractivity contribution in [3.8, 4) is 0 Å². The van der Waals surface area contributed by atoms with E-state index in [1.165, 1.54) is 0 Å². The third-order valence-corrected chi connectivity index (χ3v) is 1.64. The van der Waals surface area contributed by atoms with E-state index in [-0.39, 0.29) is 0 Å². The van der Waals surface area contributed by atoms with E-state index < -0.39 is 0 Å². The second-order valence-electron chi connectivity index (χ2n) is 2.63. The molecule has 0 bridgehead atoms. The van der Waals surface area contributed by atoms with Crippen LogP contribution in [0.25, 0.3) is 6.08 Å². The number of hydrogen-bond donors (Lipinski definition) is 3. The number of aromatic amines is 1. The van der Waals surface area contributed by atoms with Crippen molar-refractivity contribution in [3.05, 3.63) is 17.3 Å². The summed E-state index contributed by atoms with van der Waals surface area (Å²) >= 11 is 0. The van der Waals surface area contributed by atoms with E-state index in [4.69, 9.17) is 11.5 Å². The van der Waals surface area contributed by atoms with Crippen LogP contribution in [-0.2, 0) is 0 Å². The Balaban J connectivity index is 2.73. The Morgan fingerprint density at radius 2 is 2.33 bits per heavy atom. The molecule has 0 atom stereocenters. The zero-order valence-corrected chi connectivity index (χ0v) is 7.17. The topological polar surface area (TPSA) is 80.7 Å². The molecule has 12 heavy (non-hydrogen) atoms. The van der Waals surface area contributed by atoms with Gasteiger partial charge in [0.2, 0.25) is 0 Å². The highest BCUT2D eigenvalue weighted by atomic mass is 15.2. The zero-order chi connectivity index (χ0) is 8.97. The van der Waals surface area contributed by atoms with Gasteiger partial charge in [0, 0.05) is 11.3 Å². The van der Waals surface area contributed by atoms with Crippen molar-refractivity contribution < 1.29 is 0 Å². The summed E-state index contributed by atoms with van der Waals surface area (Å²) in [5.74, 6) is 0.542. The zero-order valence-electron chi connectivity index (χ0n) is 7.17. The molecule has 4 nitrogen and oxygen atoms in total. The highest BCUT2D eigenvalue weighted by Crippen LogP contribution is 2.13. The number of rotatable bonds is 3. The number of aryl methyl sites for hydroxylation is 1. The van der Waals surface area contributed by atoms with Gasteiger partial charge in [0.1, 0.15) is 0 Å². The maximum absolute atomic E-state index is 5.60. The fourth-order valence-electron chi connectivity index (χ4n) is 0.964. The monoisotopic (exact) mass is 166 g/mol. The Kier molecular flexibility index (Phi) is 2.88. The summed E-state index contributed by atoms with van der Waals surface area (Å²) in [5.41, 5.74) is 12.9. The second-order valence-corrected chi connectivity index (χ2v) is 2.63. The molecule has 1 rings (SSSR count). The smallest absolute Gasteiger partial charge is 0.152 e. The summed E-state index contributed by atoms with van der Waals surface area (Å²) in [7, 11) is 0. The first-order chi connectivity index (χ1) is 5.75. The summed E-state index contributed by atoms with van der Waals surface area (Å²) in [6, 6.07) is 0. The predicted octanol–water partition coefficient (Wildman–Crippen LogP) is 0.662. The van der Waals surface area contributed by atoms with Gasteiger partial charge in [-0.3, -0.25) is 5.10 Å². The lowest BCUT2D eigenvalue weighted by atomic mass is 10.2. The Morgan fingerprint density at radius 1 is 1.58 bits per heavy atom. The molecule has 0 radical (unpaired) electrons. The number of nitrogens with two attached hydrogens (primary N) is 2. The molecule has 0 aromatic carbocycles. The van der Waals surface area contributed by atoms with Crippen LogP contribution in [0.4, 0.5) is 5.82 Å². The van der Waals surface area contributed by atoms with Gasteiger partial charge in [-0.15, -0.1) is 0 Å². The number of H-pyrrole nitrogens is 1. The lowest BCUT2D eigenvalue weighted by Gasteiger charge is -1.90. The van der Waals surface area contributed by atoms with E-state index in [0.717, 1.165) is 17.7 Å². The number of aromatic nitrogens is 2. The fraction of sp³-hybridized carbons (Fsp3) is 0.375. The predicted molar refractivity (Wildman–Crippen MR) is 50.4 cm³/mol. The number of nitrogen functional groups attached to an aromatic ring is 1. The van der Waals surface area contributed by atoms with Crippen molar-refractivity contribution in [1.82, 2.24) is 10.2 Å². The van der Waals surface area contributed by atoms with Gasteiger partial charge in [-0.2, -0.15) is 5.10 Å². The Morgan fingerprint density at radius 3 is 2.83 bits per heavy atom. The minimum Gasteiger partial charge on any atom is -0.382 e. The Hall–Kier alpha value is -1.29. The summed E-state index contributed by atoms with van der Waals surface area (Å²) in [6.45, 7) is 2.60. The fourth-order valence-corrected chi connectivity index (χ4v) is 0.964. The van der Waals surface area contributed by atoms with Crippen molar-refractivity contribution in [2.45, 2.75) is 13.3 Å². The third kappa shape index (κ3) is 1.85.